The van der Waals surface area contributed by atoms with Crippen LogP contribution >= 0.6 is 0 Å². The van der Waals surface area contributed by atoms with Crippen LogP contribution < -0.4 is 5.73 Å². The Bertz CT molecular complexity index is 446. The minimum absolute atomic E-state index is 0.0467. The van der Waals surface area contributed by atoms with Crippen molar-refractivity contribution in [1.82, 2.24) is 4.90 Å². The SMILES string of the molecule is C#CCN(CCC)C(=O)c1cc(N)ccc1C. The first-order chi connectivity index (χ1) is 8.10. The van der Waals surface area contributed by atoms with Crippen molar-refractivity contribution >= 4 is 11.6 Å². The topological polar surface area (TPSA) is 46.3 Å². The summed E-state index contributed by atoms with van der Waals surface area (Å²) in [6.45, 7) is 4.91. The lowest BCUT2D eigenvalue weighted by molar-refractivity contribution is 0.0776. The van der Waals surface area contributed by atoms with Crippen molar-refractivity contribution in [2.75, 3.05) is 18.8 Å². The summed E-state index contributed by atoms with van der Waals surface area (Å²) in [5, 5.41) is 0. The molecule has 0 aromatic heterocycles. The molecule has 3 heteroatoms. The summed E-state index contributed by atoms with van der Waals surface area (Å²) in [6.07, 6.45) is 6.16. The minimum Gasteiger partial charge on any atom is -0.399 e. The summed E-state index contributed by atoms with van der Waals surface area (Å²) in [7, 11) is 0. The van der Waals surface area contributed by atoms with Crippen molar-refractivity contribution in [3.63, 3.8) is 0 Å². The van der Waals surface area contributed by atoms with Gasteiger partial charge in [0.05, 0.1) is 6.54 Å². The predicted molar refractivity (Wildman–Crippen MR) is 70.6 cm³/mol. The Balaban J connectivity index is 3.00. The van der Waals surface area contributed by atoms with Gasteiger partial charge in [0.1, 0.15) is 0 Å². The van der Waals surface area contributed by atoms with Crippen LogP contribution in [0.1, 0.15) is 29.3 Å². The largest absolute Gasteiger partial charge is 0.399 e. The predicted octanol–water partition coefficient (Wildman–Crippen LogP) is 2.06. The molecule has 0 radical (unpaired) electrons. The Kier molecular flexibility index (Phi) is 4.59. The van der Waals surface area contributed by atoms with Crippen LogP contribution in [0.2, 0.25) is 0 Å². The zero-order valence-corrected chi connectivity index (χ0v) is 10.4. The molecule has 0 aliphatic heterocycles. The Labute approximate surface area is 103 Å². The maximum atomic E-state index is 12.3. The van der Waals surface area contributed by atoms with E-state index in [0.717, 1.165) is 12.0 Å². The van der Waals surface area contributed by atoms with Crippen LogP contribution in [0.5, 0.6) is 0 Å². The number of terminal acetylenes is 1. The van der Waals surface area contributed by atoms with Crippen LogP contribution in [0, 0.1) is 19.3 Å². The number of hydrogen-bond acceptors (Lipinski definition) is 2. The second kappa shape index (κ2) is 5.95. The van der Waals surface area contributed by atoms with E-state index in [1.807, 2.05) is 19.9 Å². The monoisotopic (exact) mass is 230 g/mol. The van der Waals surface area contributed by atoms with Gasteiger partial charge in [-0.3, -0.25) is 4.79 Å². The van der Waals surface area contributed by atoms with Gasteiger partial charge in [-0.2, -0.15) is 0 Å². The third-order valence-electron chi connectivity index (χ3n) is 2.55. The molecule has 0 aliphatic carbocycles. The van der Waals surface area contributed by atoms with Gasteiger partial charge < -0.3 is 10.6 Å². The van der Waals surface area contributed by atoms with Crippen LogP contribution in [0.4, 0.5) is 5.69 Å². The summed E-state index contributed by atoms with van der Waals surface area (Å²) in [5.74, 6) is 2.46. The molecule has 17 heavy (non-hydrogen) atoms. The molecule has 90 valence electrons. The molecular formula is C14H18N2O. The fourth-order valence-corrected chi connectivity index (χ4v) is 1.67. The number of carbonyl (C=O) groups excluding carboxylic acids is 1. The van der Waals surface area contributed by atoms with E-state index >= 15 is 0 Å². The molecule has 0 saturated heterocycles. The molecule has 0 aliphatic rings. The first-order valence-corrected chi connectivity index (χ1v) is 5.69. The molecule has 1 rings (SSSR count). The first kappa shape index (κ1) is 13.1. The molecule has 0 heterocycles. The highest BCUT2D eigenvalue weighted by molar-refractivity contribution is 5.96. The third kappa shape index (κ3) is 3.25. The van der Waals surface area contributed by atoms with Gasteiger partial charge >= 0.3 is 0 Å². The van der Waals surface area contributed by atoms with Crippen molar-refractivity contribution in [3.8, 4) is 12.3 Å². The molecule has 1 aromatic rings. The van der Waals surface area contributed by atoms with E-state index in [1.54, 1.807) is 17.0 Å². The molecule has 3 nitrogen and oxygen atoms in total. The van der Waals surface area contributed by atoms with Gasteiger partial charge in [0.25, 0.3) is 5.91 Å². The van der Waals surface area contributed by atoms with Crippen molar-refractivity contribution < 1.29 is 4.79 Å². The van der Waals surface area contributed by atoms with Crippen LogP contribution in [0.3, 0.4) is 0 Å². The number of rotatable bonds is 4. The van der Waals surface area contributed by atoms with E-state index in [9.17, 15) is 4.79 Å². The van der Waals surface area contributed by atoms with E-state index in [2.05, 4.69) is 5.92 Å². The zero-order valence-electron chi connectivity index (χ0n) is 10.4. The smallest absolute Gasteiger partial charge is 0.254 e. The van der Waals surface area contributed by atoms with Gasteiger partial charge in [-0.1, -0.05) is 18.9 Å². The normalized spacial score (nSPS) is 9.71. The van der Waals surface area contributed by atoms with Gasteiger partial charge in [-0.25, -0.2) is 0 Å². The van der Waals surface area contributed by atoms with Gasteiger partial charge in [0, 0.05) is 17.8 Å². The minimum atomic E-state index is -0.0467. The average molecular weight is 230 g/mol. The lowest BCUT2D eigenvalue weighted by Crippen LogP contribution is -2.32. The fourth-order valence-electron chi connectivity index (χ4n) is 1.67. The van der Waals surface area contributed by atoms with Crippen LogP contribution in [-0.4, -0.2) is 23.9 Å². The number of carbonyl (C=O) groups is 1. The molecular weight excluding hydrogens is 212 g/mol. The second-order valence-corrected chi connectivity index (χ2v) is 4.01. The van der Waals surface area contributed by atoms with Gasteiger partial charge in [-0.15, -0.1) is 6.42 Å². The summed E-state index contributed by atoms with van der Waals surface area (Å²) in [6, 6.07) is 5.34. The number of hydrogen-bond donors (Lipinski definition) is 1. The van der Waals surface area contributed by atoms with E-state index in [4.69, 9.17) is 12.2 Å². The first-order valence-electron chi connectivity index (χ1n) is 5.69. The van der Waals surface area contributed by atoms with E-state index < -0.39 is 0 Å². The summed E-state index contributed by atoms with van der Waals surface area (Å²) < 4.78 is 0. The Hall–Kier alpha value is -1.95. The molecule has 2 N–H and O–H groups in total. The fraction of sp³-hybridized carbons (Fsp3) is 0.357. The summed E-state index contributed by atoms with van der Waals surface area (Å²) >= 11 is 0. The molecule has 0 saturated carbocycles. The van der Waals surface area contributed by atoms with Crippen molar-refractivity contribution in [3.05, 3.63) is 29.3 Å². The molecule has 1 aromatic carbocycles. The van der Waals surface area contributed by atoms with Crippen molar-refractivity contribution in [2.24, 2.45) is 0 Å². The van der Waals surface area contributed by atoms with Crippen LogP contribution in [-0.2, 0) is 0 Å². The number of nitrogens with two attached hydrogens (primary N) is 1. The number of nitrogens with zero attached hydrogens (tertiary/aromatic N) is 1. The number of aryl methyl sites for hydroxylation is 1. The Morgan fingerprint density at radius 3 is 2.82 bits per heavy atom. The molecule has 0 unspecified atom stereocenters. The van der Waals surface area contributed by atoms with Gasteiger partial charge in [0.15, 0.2) is 0 Å². The Morgan fingerprint density at radius 1 is 1.53 bits per heavy atom. The van der Waals surface area contributed by atoms with E-state index in [0.29, 0.717) is 24.3 Å². The zero-order chi connectivity index (χ0) is 12.8. The number of nitrogen functional groups attached to an aromatic ring is 1. The quantitative estimate of drug-likeness (QED) is 0.635. The van der Waals surface area contributed by atoms with E-state index in [1.165, 1.54) is 0 Å². The molecule has 0 spiro atoms. The van der Waals surface area contributed by atoms with Gasteiger partial charge in [0.2, 0.25) is 0 Å². The second-order valence-electron chi connectivity index (χ2n) is 4.01. The van der Waals surface area contributed by atoms with Gasteiger partial charge in [-0.05, 0) is 31.0 Å². The van der Waals surface area contributed by atoms with Crippen molar-refractivity contribution in [2.45, 2.75) is 20.3 Å². The summed E-state index contributed by atoms with van der Waals surface area (Å²) in [4.78, 5) is 13.9. The standard InChI is InChI=1S/C14H18N2O/c1-4-8-16(9-5-2)14(17)13-10-12(15)7-6-11(13)3/h1,6-7,10H,5,8-9,15H2,2-3H3. The molecule has 0 fully saturated rings. The highest BCUT2D eigenvalue weighted by Gasteiger charge is 2.16. The van der Waals surface area contributed by atoms with Crippen molar-refractivity contribution in [1.29, 1.82) is 0 Å². The van der Waals surface area contributed by atoms with Crippen LogP contribution in [0.25, 0.3) is 0 Å². The number of amides is 1. The molecule has 0 atom stereocenters. The maximum Gasteiger partial charge on any atom is 0.254 e. The molecule has 1 amide bonds. The maximum absolute atomic E-state index is 12.3. The third-order valence-corrected chi connectivity index (χ3v) is 2.55. The average Bonchev–Trinajstić information content (AvgIpc) is 2.31. The number of anilines is 1. The lowest BCUT2D eigenvalue weighted by Gasteiger charge is -2.20. The highest BCUT2D eigenvalue weighted by Crippen LogP contribution is 2.15. The highest BCUT2D eigenvalue weighted by atomic mass is 16.2. The lowest BCUT2D eigenvalue weighted by atomic mass is 10.1. The number of benzene rings is 1. The Morgan fingerprint density at radius 2 is 2.24 bits per heavy atom. The summed E-state index contributed by atoms with van der Waals surface area (Å²) in [5.41, 5.74) is 7.85. The van der Waals surface area contributed by atoms with Crippen LogP contribution in [0.15, 0.2) is 18.2 Å². The molecule has 0 bridgehead atoms. The van der Waals surface area contributed by atoms with E-state index in [-0.39, 0.29) is 5.91 Å².